The molecule has 0 saturated carbocycles. The van der Waals surface area contributed by atoms with Gasteiger partial charge in [-0.25, -0.2) is 15.0 Å². The van der Waals surface area contributed by atoms with Crippen LogP contribution in [0, 0.1) is 22.7 Å². The van der Waals surface area contributed by atoms with Gasteiger partial charge in [-0.15, -0.1) is 22.7 Å². The molecule has 9 aromatic carbocycles. The van der Waals surface area contributed by atoms with Crippen molar-refractivity contribution in [3.8, 4) is 74.2 Å². The summed E-state index contributed by atoms with van der Waals surface area (Å²) in [6, 6.07) is 71.7. The van der Waals surface area contributed by atoms with Crippen LogP contribution < -0.4 is 0 Å². The summed E-state index contributed by atoms with van der Waals surface area (Å²) in [7, 11) is 0. The Morgan fingerprint density at radius 1 is 0.343 bits per heavy atom. The normalized spacial score (nSPS) is 11.6. The highest BCUT2D eigenvalue weighted by atomic mass is 32.1. The number of rotatable bonds is 6. The van der Waals surface area contributed by atoms with Crippen LogP contribution in [0.2, 0.25) is 0 Å². The predicted octanol–water partition coefficient (Wildman–Crippen LogP) is 15.8. The van der Waals surface area contributed by atoms with E-state index in [4.69, 9.17) is 15.0 Å². The van der Waals surface area contributed by atoms with Crippen molar-refractivity contribution in [1.29, 1.82) is 10.5 Å². The molecule has 67 heavy (non-hydrogen) atoms. The van der Waals surface area contributed by atoms with Crippen LogP contribution in [0.25, 0.3) is 124 Å². The number of aromatic nitrogens is 4. The standard InChI is InChI=1S/C59H32N6S2/c60-33-35-19-25-50-48(27-35)49-28-36(34-61)20-26-51(49)65(50)56-46(37-11-3-1-4-12-37)29-41(30-47(56)38-13-5-2-6-14-38)59-63-57(39-21-23-44-42-15-7-9-17-52(42)66-54(44)31-39)62-58(64-59)40-22-24-45-43-16-8-10-18-53(43)67-55(45)32-40/h1-32H. The third-order valence-corrected chi connectivity index (χ3v) is 15.0. The van der Waals surface area contributed by atoms with Gasteiger partial charge in [-0.05, 0) is 83.9 Å². The molecule has 4 heterocycles. The lowest BCUT2D eigenvalue weighted by atomic mass is 9.92. The molecule has 0 spiro atoms. The number of fused-ring (bicyclic) bond motifs is 9. The van der Waals surface area contributed by atoms with E-state index in [1.807, 2.05) is 48.5 Å². The lowest BCUT2D eigenvalue weighted by molar-refractivity contribution is 1.07. The van der Waals surface area contributed by atoms with Crippen LogP contribution in [-0.4, -0.2) is 19.5 Å². The molecule has 0 amide bonds. The third kappa shape index (κ3) is 6.39. The number of nitriles is 2. The molecule has 13 aromatic rings. The fourth-order valence-electron chi connectivity index (χ4n) is 9.58. The van der Waals surface area contributed by atoms with Crippen molar-refractivity contribution < 1.29 is 0 Å². The predicted molar refractivity (Wildman–Crippen MR) is 277 cm³/mol. The van der Waals surface area contributed by atoms with Crippen LogP contribution in [-0.2, 0) is 0 Å². The van der Waals surface area contributed by atoms with Gasteiger partial charge in [0.2, 0.25) is 0 Å². The van der Waals surface area contributed by atoms with Gasteiger partial charge in [0.25, 0.3) is 0 Å². The molecule has 8 heteroatoms. The van der Waals surface area contributed by atoms with Gasteiger partial charge in [-0.1, -0.05) is 121 Å². The summed E-state index contributed by atoms with van der Waals surface area (Å²) in [6.45, 7) is 0. The highest BCUT2D eigenvalue weighted by molar-refractivity contribution is 7.26. The summed E-state index contributed by atoms with van der Waals surface area (Å²) >= 11 is 3.55. The van der Waals surface area contributed by atoms with Crippen molar-refractivity contribution in [1.82, 2.24) is 19.5 Å². The van der Waals surface area contributed by atoms with E-state index in [-0.39, 0.29) is 0 Å². The summed E-state index contributed by atoms with van der Waals surface area (Å²) in [5, 5.41) is 26.8. The number of hydrogen-bond donors (Lipinski definition) is 0. The quantitative estimate of drug-likeness (QED) is 0.166. The summed E-state index contributed by atoms with van der Waals surface area (Å²) in [4.78, 5) is 16.0. The third-order valence-electron chi connectivity index (χ3n) is 12.7. The first-order valence-electron chi connectivity index (χ1n) is 21.9. The molecule has 0 aliphatic heterocycles. The Labute approximate surface area is 392 Å². The monoisotopic (exact) mass is 888 g/mol. The Morgan fingerprint density at radius 2 is 0.761 bits per heavy atom. The van der Waals surface area contributed by atoms with Crippen molar-refractivity contribution >= 4 is 84.8 Å². The number of hydrogen-bond acceptors (Lipinski definition) is 7. The first-order valence-corrected chi connectivity index (χ1v) is 23.5. The van der Waals surface area contributed by atoms with Crippen LogP contribution in [0.15, 0.2) is 194 Å². The molecule has 0 unspecified atom stereocenters. The van der Waals surface area contributed by atoms with Crippen LogP contribution in [0.4, 0.5) is 0 Å². The average Bonchev–Trinajstić information content (AvgIpc) is 4.07. The van der Waals surface area contributed by atoms with E-state index in [0.29, 0.717) is 28.6 Å². The Morgan fingerprint density at radius 3 is 1.22 bits per heavy atom. The van der Waals surface area contributed by atoms with E-state index in [2.05, 4.69) is 162 Å². The van der Waals surface area contributed by atoms with Crippen LogP contribution in [0.5, 0.6) is 0 Å². The summed E-state index contributed by atoms with van der Waals surface area (Å²) < 4.78 is 7.11. The van der Waals surface area contributed by atoms with Gasteiger partial charge >= 0.3 is 0 Å². The van der Waals surface area contributed by atoms with E-state index in [0.717, 1.165) is 66.4 Å². The maximum absolute atomic E-state index is 10.0. The van der Waals surface area contributed by atoms with Crippen molar-refractivity contribution in [2.45, 2.75) is 0 Å². The minimum atomic E-state index is 0.549. The molecule has 0 aliphatic rings. The first-order chi connectivity index (χ1) is 33.1. The second-order valence-electron chi connectivity index (χ2n) is 16.6. The van der Waals surface area contributed by atoms with Crippen molar-refractivity contribution in [3.05, 3.63) is 205 Å². The number of benzene rings is 9. The van der Waals surface area contributed by atoms with Gasteiger partial charge in [0.15, 0.2) is 17.5 Å². The molecule has 6 nitrogen and oxygen atoms in total. The van der Waals surface area contributed by atoms with E-state index >= 15 is 0 Å². The molecular weight excluding hydrogens is 857 g/mol. The fraction of sp³-hybridized carbons (Fsp3) is 0. The van der Waals surface area contributed by atoms with Gasteiger partial charge in [0, 0.05) is 78.9 Å². The fourth-order valence-corrected chi connectivity index (χ4v) is 11.9. The minimum absolute atomic E-state index is 0.549. The molecular formula is C59H32N6S2. The maximum Gasteiger partial charge on any atom is 0.164 e. The Bertz CT molecular complexity index is 3980. The van der Waals surface area contributed by atoms with Gasteiger partial charge in [0.05, 0.1) is 40.0 Å². The number of nitrogens with zero attached hydrogens (tertiary/aromatic N) is 6. The molecule has 0 aliphatic carbocycles. The Hall–Kier alpha value is -8.79. The molecule has 310 valence electrons. The Kier molecular flexibility index (Phi) is 8.90. The molecule has 0 fully saturated rings. The molecule has 0 atom stereocenters. The zero-order valence-electron chi connectivity index (χ0n) is 35.5. The van der Waals surface area contributed by atoms with Crippen molar-refractivity contribution in [2.24, 2.45) is 0 Å². The largest absolute Gasteiger partial charge is 0.308 e. The second kappa shape index (κ2) is 15.4. The zero-order chi connectivity index (χ0) is 44.6. The SMILES string of the molecule is N#Cc1ccc2c(c1)c1cc(C#N)ccc1n2-c1c(-c2ccccc2)cc(-c2nc(-c3ccc4c(c3)sc3ccccc34)nc(-c3ccc4c(c3)sc3ccccc34)n2)cc1-c1ccccc1. The highest BCUT2D eigenvalue weighted by Gasteiger charge is 2.24. The Balaban J connectivity index is 1.10. The molecule has 4 aromatic heterocycles. The topological polar surface area (TPSA) is 91.2 Å². The number of thiophene rings is 2. The van der Waals surface area contributed by atoms with Crippen LogP contribution in [0.3, 0.4) is 0 Å². The molecule has 0 radical (unpaired) electrons. The minimum Gasteiger partial charge on any atom is -0.308 e. The van der Waals surface area contributed by atoms with Gasteiger partial charge in [-0.3, -0.25) is 0 Å². The lowest BCUT2D eigenvalue weighted by Gasteiger charge is -2.21. The van der Waals surface area contributed by atoms with Gasteiger partial charge < -0.3 is 4.57 Å². The van der Waals surface area contributed by atoms with Crippen molar-refractivity contribution in [3.63, 3.8) is 0 Å². The van der Waals surface area contributed by atoms with Crippen LogP contribution >= 0.6 is 22.7 Å². The maximum atomic E-state index is 10.0. The van der Waals surface area contributed by atoms with E-state index in [9.17, 15) is 10.5 Å². The molecule has 13 rings (SSSR count). The van der Waals surface area contributed by atoms with E-state index in [1.165, 1.54) is 40.3 Å². The first kappa shape index (κ1) is 38.6. The van der Waals surface area contributed by atoms with E-state index in [1.54, 1.807) is 22.7 Å². The van der Waals surface area contributed by atoms with Gasteiger partial charge in [0.1, 0.15) is 0 Å². The highest BCUT2D eigenvalue weighted by Crippen LogP contribution is 2.45. The lowest BCUT2D eigenvalue weighted by Crippen LogP contribution is -2.04. The molecule has 0 bridgehead atoms. The summed E-state index contributed by atoms with van der Waals surface area (Å²) in [5.74, 6) is 1.73. The van der Waals surface area contributed by atoms with Gasteiger partial charge in [-0.2, -0.15) is 10.5 Å². The summed E-state index contributed by atoms with van der Waals surface area (Å²) in [6.07, 6.45) is 0. The second-order valence-corrected chi connectivity index (χ2v) is 18.8. The van der Waals surface area contributed by atoms with Crippen LogP contribution in [0.1, 0.15) is 11.1 Å². The molecule has 0 N–H and O–H groups in total. The van der Waals surface area contributed by atoms with E-state index < -0.39 is 0 Å². The summed E-state index contributed by atoms with van der Waals surface area (Å²) in [5.41, 5.74) is 10.5. The smallest absolute Gasteiger partial charge is 0.164 e. The zero-order valence-corrected chi connectivity index (χ0v) is 37.1. The molecule has 0 saturated heterocycles. The average molecular weight is 889 g/mol. The van der Waals surface area contributed by atoms with Crippen molar-refractivity contribution in [2.75, 3.05) is 0 Å².